The molecule has 0 atom stereocenters. The molecule has 24 heavy (non-hydrogen) atoms. The van der Waals surface area contributed by atoms with E-state index < -0.39 is 0 Å². The van der Waals surface area contributed by atoms with E-state index in [2.05, 4.69) is 5.40 Å². The summed E-state index contributed by atoms with van der Waals surface area (Å²) >= 11 is 2.67. The minimum atomic E-state index is -0.369. The number of thiocyanates is 1. The van der Waals surface area contributed by atoms with Crippen LogP contribution in [0, 0.1) is 16.5 Å². The zero-order valence-electron chi connectivity index (χ0n) is 13.1. The second-order valence-corrected chi connectivity index (χ2v) is 7.39. The Bertz CT molecular complexity index is 740. The molecular weight excluding hydrogens is 345 g/mol. The number of ether oxygens (including phenoxy) is 1. The zero-order chi connectivity index (χ0) is 16.9. The van der Waals surface area contributed by atoms with Crippen molar-refractivity contribution in [2.45, 2.75) is 29.1 Å². The minimum Gasteiger partial charge on any atom is -0.494 e. The van der Waals surface area contributed by atoms with Gasteiger partial charge in [0.25, 0.3) is 0 Å². The Morgan fingerprint density at radius 2 is 1.83 bits per heavy atom. The fourth-order valence-corrected chi connectivity index (χ4v) is 3.86. The maximum absolute atomic E-state index is 13.8. The molecular formula is C18H16FNO2S2. The van der Waals surface area contributed by atoms with Gasteiger partial charge in [0.15, 0.2) is 11.6 Å². The molecule has 3 rings (SSSR count). The summed E-state index contributed by atoms with van der Waals surface area (Å²) in [5.41, 5.74) is 1.75. The summed E-state index contributed by atoms with van der Waals surface area (Å²) in [5, 5.41) is 11.1. The van der Waals surface area contributed by atoms with Gasteiger partial charge in [-0.3, -0.25) is 0 Å². The van der Waals surface area contributed by atoms with E-state index in [1.165, 1.54) is 37.0 Å². The normalized spacial score (nSPS) is 19.4. The van der Waals surface area contributed by atoms with Crippen LogP contribution in [-0.2, 0) is 4.18 Å². The van der Waals surface area contributed by atoms with Crippen LogP contribution in [0.4, 0.5) is 4.39 Å². The van der Waals surface area contributed by atoms with Gasteiger partial charge in [-0.1, -0.05) is 18.2 Å². The fraction of sp³-hybridized carbons (Fsp3) is 0.278. The Morgan fingerprint density at radius 3 is 2.46 bits per heavy atom. The number of hydrogen-bond acceptors (Lipinski definition) is 5. The van der Waals surface area contributed by atoms with E-state index in [0.717, 1.165) is 28.9 Å². The quantitative estimate of drug-likeness (QED) is 0.518. The molecule has 0 aliphatic heterocycles. The van der Waals surface area contributed by atoms with Gasteiger partial charge in [0.05, 0.1) is 13.2 Å². The highest BCUT2D eigenvalue weighted by Crippen LogP contribution is 2.37. The minimum absolute atomic E-state index is 0.219. The van der Waals surface area contributed by atoms with Crippen molar-refractivity contribution in [3.8, 4) is 22.3 Å². The lowest BCUT2D eigenvalue weighted by atomic mass is 9.96. The highest BCUT2D eigenvalue weighted by atomic mass is 32.2. The maximum atomic E-state index is 13.8. The van der Waals surface area contributed by atoms with Crippen LogP contribution < -0.4 is 4.74 Å². The third-order valence-electron chi connectivity index (χ3n) is 3.89. The highest BCUT2D eigenvalue weighted by molar-refractivity contribution is 8.04. The molecule has 1 saturated carbocycles. The second-order valence-electron chi connectivity index (χ2n) is 5.48. The molecule has 6 heteroatoms. The van der Waals surface area contributed by atoms with Crippen LogP contribution >= 0.6 is 23.8 Å². The molecule has 0 amide bonds. The summed E-state index contributed by atoms with van der Waals surface area (Å²) in [4.78, 5) is 1.00. The number of halogens is 1. The lowest BCUT2D eigenvalue weighted by Crippen LogP contribution is -2.31. The van der Waals surface area contributed by atoms with Gasteiger partial charge < -0.3 is 8.92 Å². The van der Waals surface area contributed by atoms with Crippen molar-refractivity contribution < 1.29 is 13.3 Å². The van der Waals surface area contributed by atoms with E-state index in [9.17, 15) is 4.39 Å². The topological polar surface area (TPSA) is 42.2 Å². The van der Waals surface area contributed by atoms with E-state index in [4.69, 9.17) is 14.2 Å². The molecule has 2 aromatic carbocycles. The number of nitriles is 1. The number of methoxy groups -OCH3 is 1. The smallest absolute Gasteiger partial charge is 0.165 e. The zero-order valence-corrected chi connectivity index (χ0v) is 14.7. The summed E-state index contributed by atoms with van der Waals surface area (Å²) in [6.45, 7) is 0. The van der Waals surface area contributed by atoms with Crippen molar-refractivity contribution in [2.24, 2.45) is 0 Å². The van der Waals surface area contributed by atoms with Crippen molar-refractivity contribution >= 4 is 23.8 Å². The lowest BCUT2D eigenvalue weighted by molar-refractivity contribution is 0.155. The molecule has 0 spiro atoms. The van der Waals surface area contributed by atoms with Crippen molar-refractivity contribution in [3.63, 3.8) is 0 Å². The van der Waals surface area contributed by atoms with Crippen molar-refractivity contribution in [3.05, 3.63) is 48.3 Å². The van der Waals surface area contributed by atoms with Gasteiger partial charge in [-0.25, -0.2) is 4.39 Å². The second kappa shape index (κ2) is 7.93. The van der Waals surface area contributed by atoms with E-state index in [1.54, 1.807) is 6.07 Å². The van der Waals surface area contributed by atoms with E-state index >= 15 is 0 Å². The van der Waals surface area contributed by atoms with Gasteiger partial charge in [-0.15, -0.1) is 0 Å². The molecule has 0 aromatic heterocycles. The molecule has 0 bridgehead atoms. The molecule has 1 aliphatic carbocycles. The fourth-order valence-electron chi connectivity index (χ4n) is 2.44. The SMILES string of the molecule is COc1ccc(-c2ccc(SOC3CC(SC#N)C3)cc2)cc1F. The van der Waals surface area contributed by atoms with Crippen LogP contribution in [0.3, 0.4) is 0 Å². The Balaban J connectivity index is 1.56. The van der Waals surface area contributed by atoms with Gasteiger partial charge >= 0.3 is 0 Å². The summed E-state index contributed by atoms with van der Waals surface area (Å²) in [7, 11) is 1.45. The Kier molecular flexibility index (Phi) is 5.67. The molecule has 2 aromatic rings. The van der Waals surface area contributed by atoms with Gasteiger partial charge in [0, 0.05) is 22.2 Å². The molecule has 0 radical (unpaired) electrons. The largest absolute Gasteiger partial charge is 0.494 e. The first-order valence-electron chi connectivity index (χ1n) is 7.51. The van der Waals surface area contributed by atoms with Gasteiger partial charge in [-0.05, 0) is 60.0 Å². The molecule has 124 valence electrons. The van der Waals surface area contributed by atoms with Crippen molar-refractivity contribution in [1.82, 2.24) is 0 Å². The number of benzene rings is 2. The highest BCUT2D eigenvalue weighted by Gasteiger charge is 2.31. The van der Waals surface area contributed by atoms with Gasteiger partial charge in [0.2, 0.25) is 0 Å². The van der Waals surface area contributed by atoms with Crippen LogP contribution in [0.25, 0.3) is 11.1 Å². The number of nitrogens with zero attached hydrogens (tertiary/aromatic N) is 1. The Labute approximate surface area is 149 Å². The van der Waals surface area contributed by atoms with Gasteiger partial charge in [0.1, 0.15) is 5.40 Å². The van der Waals surface area contributed by atoms with Crippen LogP contribution in [0.1, 0.15) is 12.8 Å². The van der Waals surface area contributed by atoms with E-state index in [0.29, 0.717) is 5.25 Å². The third kappa shape index (κ3) is 4.04. The lowest BCUT2D eigenvalue weighted by Gasteiger charge is -2.31. The molecule has 3 nitrogen and oxygen atoms in total. The monoisotopic (exact) mass is 361 g/mol. The van der Waals surface area contributed by atoms with Crippen molar-refractivity contribution in [2.75, 3.05) is 7.11 Å². The van der Waals surface area contributed by atoms with Crippen LogP contribution in [0.15, 0.2) is 47.4 Å². The summed E-state index contributed by atoms with van der Waals surface area (Å²) < 4.78 is 24.5. The van der Waals surface area contributed by atoms with Crippen LogP contribution in [0.2, 0.25) is 0 Å². The summed E-state index contributed by atoms with van der Waals surface area (Å²) in [6, 6.07) is 12.7. The Morgan fingerprint density at radius 1 is 1.12 bits per heavy atom. The number of thioether (sulfide) groups is 1. The average Bonchev–Trinajstić information content (AvgIpc) is 2.57. The van der Waals surface area contributed by atoms with Crippen LogP contribution in [0.5, 0.6) is 5.75 Å². The molecule has 1 fully saturated rings. The van der Waals surface area contributed by atoms with E-state index in [-0.39, 0.29) is 17.7 Å². The average molecular weight is 361 g/mol. The number of rotatable bonds is 6. The van der Waals surface area contributed by atoms with E-state index in [1.807, 2.05) is 30.3 Å². The molecule has 0 saturated heterocycles. The summed E-state index contributed by atoms with van der Waals surface area (Å²) in [5.74, 6) is -0.126. The van der Waals surface area contributed by atoms with Crippen LogP contribution in [-0.4, -0.2) is 18.5 Å². The maximum Gasteiger partial charge on any atom is 0.165 e. The predicted octanol–water partition coefficient (Wildman–Crippen LogP) is 5.27. The number of hydrogen-bond donors (Lipinski definition) is 0. The van der Waals surface area contributed by atoms with Gasteiger partial charge in [-0.2, -0.15) is 5.26 Å². The first-order chi connectivity index (χ1) is 11.7. The molecule has 0 N–H and O–H groups in total. The first kappa shape index (κ1) is 17.2. The summed E-state index contributed by atoms with van der Waals surface area (Å²) in [6.07, 6.45) is 2.07. The van der Waals surface area contributed by atoms with Crippen molar-refractivity contribution in [1.29, 1.82) is 5.26 Å². The standard InChI is InChI=1S/C18H16FNO2S2/c1-21-18-7-4-13(8-17(18)19)12-2-5-15(6-3-12)24-22-14-9-16(10-14)23-11-20/h2-8,14,16H,9-10H2,1H3. The molecule has 1 aliphatic rings. The predicted molar refractivity (Wildman–Crippen MR) is 95.3 cm³/mol. The third-order valence-corrected chi connectivity index (χ3v) is 5.55. The first-order valence-corrected chi connectivity index (χ1v) is 9.13. The molecule has 0 heterocycles. The molecule has 0 unspecified atom stereocenters. The Hall–Kier alpha value is -1.68.